The first-order valence-electron chi connectivity index (χ1n) is 7.83. The van der Waals surface area contributed by atoms with E-state index in [4.69, 9.17) is 9.47 Å². The van der Waals surface area contributed by atoms with Crippen LogP contribution in [0.5, 0.6) is 11.5 Å². The maximum Gasteiger partial charge on any atom is 0.251 e. The van der Waals surface area contributed by atoms with Crippen molar-refractivity contribution in [3.63, 3.8) is 0 Å². The van der Waals surface area contributed by atoms with E-state index in [-0.39, 0.29) is 11.9 Å². The van der Waals surface area contributed by atoms with Crippen molar-refractivity contribution in [1.82, 2.24) is 5.32 Å². The van der Waals surface area contributed by atoms with Crippen molar-refractivity contribution < 1.29 is 14.3 Å². The topological polar surface area (TPSA) is 47.6 Å². The first-order valence-corrected chi connectivity index (χ1v) is 7.83. The Bertz CT molecular complexity index is 712. The van der Waals surface area contributed by atoms with E-state index >= 15 is 0 Å². The second-order valence-electron chi connectivity index (χ2n) is 5.69. The molecule has 1 amide bonds. The van der Waals surface area contributed by atoms with Crippen LogP contribution in [0.15, 0.2) is 42.5 Å². The molecule has 3 rings (SSSR count). The van der Waals surface area contributed by atoms with Gasteiger partial charge in [-0.05, 0) is 48.6 Å². The third-order valence-electron chi connectivity index (χ3n) is 4.32. The van der Waals surface area contributed by atoms with Gasteiger partial charge in [0.25, 0.3) is 5.91 Å². The molecular weight excluding hydrogens is 290 g/mol. The summed E-state index contributed by atoms with van der Waals surface area (Å²) < 4.78 is 10.5. The molecule has 1 aliphatic rings. The summed E-state index contributed by atoms with van der Waals surface area (Å²) in [4.78, 5) is 12.6. The van der Waals surface area contributed by atoms with Crippen molar-refractivity contribution >= 4 is 5.91 Å². The Morgan fingerprint density at radius 2 is 1.87 bits per heavy atom. The molecule has 0 saturated carbocycles. The van der Waals surface area contributed by atoms with Crippen molar-refractivity contribution in [3.05, 3.63) is 59.2 Å². The second kappa shape index (κ2) is 6.73. The molecule has 2 aromatic rings. The quantitative estimate of drug-likeness (QED) is 0.940. The fourth-order valence-corrected chi connectivity index (χ4v) is 3.12. The Hall–Kier alpha value is -2.49. The summed E-state index contributed by atoms with van der Waals surface area (Å²) in [6.45, 7) is 0. The second-order valence-corrected chi connectivity index (χ2v) is 5.69. The van der Waals surface area contributed by atoms with Crippen LogP contribution >= 0.6 is 0 Å². The predicted molar refractivity (Wildman–Crippen MR) is 89.1 cm³/mol. The highest BCUT2D eigenvalue weighted by Crippen LogP contribution is 2.31. The molecule has 0 fully saturated rings. The van der Waals surface area contributed by atoms with Crippen molar-refractivity contribution in [3.8, 4) is 11.5 Å². The van der Waals surface area contributed by atoms with Crippen LogP contribution in [-0.4, -0.2) is 20.1 Å². The summed E-state index contributed by atoms with van der Waals surface area (Å²) in [5.74, 6) is 1.09. The zero-order chi connectivity index (χ0) is 16.2. The highest BCUT2D eigenvalue weighted by molar-refractivity contribution is 5.95. The van der Waals surface area contributed by atoms with E-state index in [2.05, 4.69) is 23.5 Å². The lowest BCUT2D eigenvalue weighted by molar-refractivity contribution is 0.0932. The Balaban J connectivity index is 1.80. The van der Waals surface area contributed by atoms with Crippen LogP contribution in [0.25, 0.3) is 0 Å². The third-order valence-corrected chi connectivity index (χ3v) is 4.32. The average Bonchev–Trinajstić information content (AvgIpc) is 2.61. The summed E-state index contributed by atoms with van der Waals surface area (Å²) in [7, 11) is 3.15. The molecular formula is C19H21NO3. The van der Waals surface area contributed by atoms with Gasteiger partial charge >= 0.3 is 0 Å². The molecule has 1 aliphatic carbocycles. The minimum Gasteiger partial charge on any atom is -0.493 e. The van der Waals surface area contributed by atoms with Gasteiger partial charge in [0.15, 0.2) is 11.5 Å². The number of rotatable bonds is 4. The van der Waals surface area contributed by atoms with Crippen molar-refractivity contribution in [1.29, 1.82) is 0 Å². The van der Waals surface area contributed by atoms with Gasteiger partial charge in [0.05, 0.1) is 20.3 Å². The Kier molecular flexibility index (Phi) is 4.51. The van der Waals surface area contributed by atoms with Gasteiger partial charge < -0.3 is 14.8 Å². The number of amides is 1. The summed E-state index contributed by atoms with van der Waals surface area (Å²) >= 11 is 0. The van der Waals surface area contributed by atoms with Crippen molar-refractivity contribution in [2.75, 3.05) is 14.2 Å². The SMILES string of the molecule is COc1ccc(C(=O)N[C@@H]2CCCc3ccccc32)cc1OC. The van der Waals surface area contributed by atoms with Gasteiger partial charge in [-0.1, -0.05) is 24.3 Å². The zero-order valence-corrected chi connectivity index (χ0v) is 13.5. The molecule has 4 heteroatoms. The Labute approximate surface area is 136 Å². The number of nitrogens with one attached hydrogen (secondary N) is 1. The predicted octanol–water partition coefficient (Wildman–Crippen LogP) is 3.51. The van der Waals surface area contributed by atoms with Crippen LogP contribution in [-0.2, 0) is 6.42 Å². The zero-order valence-electron chi connectivity index (χ0n) is 13.5. The van der Waals surface area contributed by atoms with Gasteiger partial charge in [0.2, 0.25) is 0 Å². The molecule has 0 heterocycles. The lowest BCUT2D eigenvalue weighted by Crippen LogP contribution is -2.30. The Morgan fingerprint density at radius 3 is 2.65 bits per heavy atom. The molecule has 1 N–H and O–H groups in total. The van der Waals surface area contributed by atoms with E-state index in [1.165, 1.54) is 11.1 Å². The fraction of sp³-hybridized carbons (Fsp3) is 0.316. The maximum atomic E-state index is 12.6. The van der Waals surface area contributed by atoms with Crippen LogP contribution in [0.3, 0.4) is 0 Å². The summed E-state index contributed by atoms with van der Waals surface area (Å²) in [6, 6.07) is 13.6. The molecule has 0 aromatic heterocycles. The van der Waals surface area contributed by atoms with Gasteiger partial charge in [0.1, 0.15) is 0 Å². The highest BCUT2D eigenvalue weighted by Gasteiger charge is 2.22. The molecule has 23 heavy (non-hydrogen) atoms. The van der Waals surface area contributed by atoms with E-state index < -0.39 is 0 Å². The van der Waals surface area contributed by atoms with Gasteiger partial charge in [-0.25, -0.2) is 0 Å². The first kappa shape index (κ1) is 15.4. The van der Waals surface area contributed by atoms with Gasteiger partial charge in [-0.3, -0.25) is 4.79 Å². The number of methoxy groups -OCH3 is 2. The van der Waals surface area contributed by atoms with E-state index in [9.17, 15) is 4.79 Å². The number of hydrogen-bond acceptors (Lipinski definition) is 3. The van der Waals surface area contributed by atoms with Gasteiger partial charge in [-0.2, -0.15) is 0 Å². The normalized spacial score (nSPS) is 16.3. The van der Waals surface area contributed by atoms with Gasteiger partial charge in [0, 0.05) is 5.56 Å². The number of hydrogen-bond donors (Lipinski definition) is 1. The van der Waals surface area contributed by atoms with Crippen LogP contribution in [0.1, 0.15) is 40.4 Å². The molecule has 120 valence electrons. The molecule has 0 unspecified atom stereocenters. The highest BCUT2D eigenvalue weighted by atomic mass is 16.5. The summed E-state index contributed by atoms with van der Waals surface area (Å²) in [5.41, 5.74) is 3.13. The van der Waals surface area contributed by atoms with Crippen LogP contribution in [0.4, 0.5) is 0 Å². The van der Waals surface area contributed by atoms with E-state index in [0.29, 0.717) is 17.1 Å². The van der Waals surface area contributed by atoms with Gasteiger partial charge in [-0.15, -0.1) is 0 Å². The van der Waals surface area contributed by atoms with E-state index in [0.717, 1.165) is 19.3 Å². The largest absolute Gasteiger partial charge is 0.493 e. The molecule has 1 atom stereocenters. The minimum absolute atomic E-state index is 0.0700. The lowest BCUT2D eigenvalue weighted by atomic mass is 9.87. The van der Waals surface area contributed by atoms with Crippen LogP contribution in [0.2, 0.25) is 0 Å². The smallest absolute Gasteiger partial charge is 0.251 e. The van der Waals surface area contributed by atoms with Crippen molar-refractivity contribution in [2.24, 2.45) is 0 Å². The lowest BCUT2D eigenvalue weighted by Gasteiger charge is -2.26. The number of ether oxygens (including phenoxy) is 2. The number of carbonyl (C=O) groups excluding carboxylic acids is 1. The number of fused-ring (bicyclic) bond motifs is 1. The average molecular weight is 311 g/mol. The molecule has 4 nitrogen and oxygen atoms in total. The molecule has 0 aliphatic heterocycles. The van der Waals surface area contributed by atoms with Crippen molar-refractivity contribution in [2.45, 2.75) is 25.3 Å². The number of benzene rings is 2. The molecule has 0 saturated heterocycles. The number of carbonyl (C=O) groups is 1. The molecule has 0 bridgehead atoms. The maximum absolute atomic E-state index is 12.6. The monoisotopic (exact) mass is 311 g/mol. The Morgan fingerprint density at radius 1 is 1.09 bits per heavy atom. The standard InChI is InChI=1S/C19H21NO3/c1-22-17-11-10-14(12-18(17)23-2)19(21)20-16-9-5-7-13-6-3-4-8-15(13)16/h3-4,6,8,10-12,16H,5,7,9H2,1-2H3,(H,20,21)/t16-/m1/s1. The summed E-state index contributed by atoms with van der Waals surface area (Å²) in [6.07, 6.45) is 3.14. The first-order chi connectivity index (χ1) is 11.2. The molecule has 2 aromatic carbocycles. The van der Waals surface area contributed by atoms with Crippen LogP contribution < -0.4 is 14.8 Å². The third kappa shape index (κ3) is 3.16. The minimum atomic E-state index is -0.0901. The fourth-order valence-electron chi connectivity index (χ4n) is 3.12. The molecule has 0 radical (unpaired) electrons. The molecule has 0 spiro atoms. The van der Waals surface area contributed by atoms with E-state index in [1.807, 2.05) is 6.07 Å². The summed E-state index contributed by atoms with van der Waals surface area (Å²) in [5, 5.41) is 3.14. The van der Waals surface area contributed by atoms with Crippen LogP contribution in [0, 0.1) is 0 Å². The van der Waals surface area contributed by atoms with E-state index in [1.54, 1.807) is 32.4 Å². The number of aryl methyl sites for hydroxylation is 1.